The smallest absolute Gasteiger partial charge is 0.239 e. The lowest BCUT2D eigenvalue weighted by atomic mass is 10.1. The average Bonchev–Trinajstić information content (AvgIpc) is 2.53. The molecule has 0 aliphatic heterocycles. The van der Waals surface area contributed by atoms with Gasteiger partial charge in [-0.25, -0.2) is 0 Å². The van der Waals surface area contributed by atoms with Gasteiger partial charge in [-0.3, -0.25) is 10.4 Å². The second-order valence-electron chi connectivity index (χ2n) is 4.70. The lowest BCUT2D eigenvalue weighted by molar-refractivity contribution is -0.593. The zero-order valence-electron chi connectivity index (χ0n) is 11.3. The number of rotatable bonds is 3. The van der Waals surface area contributed by atoms with Crippen molar-refractivity contribution in [1.82, 2.24) is 0 Å². The molecule has 0 saturated carbocycles. The highest BCUT2D eigenvalue weighted by molar-refractivity contribution is 5.80. The maximum absolute atomic E-state index is 10.8. The van der Waals surface area contributed by atoms with Crippen molar-refractivity contribution in [3.05, 3.63) is 71.3 Å². The molecule has 3 rings (SSSR count). The molecular weight excluding hydrogens is 286 g/mol. The number of fused-ring (bicyclic) bond motifs is 1. The predicted octanol–water partition coefficient (Wildman–Crippen LogP) is 2.50. The van der Waals surface area contributed by atoms with Gasteiger partial charge >= 0.3 is 0 Å². The van der Waals surface area contributed by atoms with E-state index >= 15 is 0 Å². The summed E-state index contributed by atoms with van der Waals surface area (Å²) in [5, 5.41) is 41.6. The Bertz CT molecular complexity index is 821. The SMILES string of the molecule is [O-]N([O-])c1ccc(-[n+]2ccc3ccccc3c2)c(N(O)O)c1. The quantitative estimate of drug-likeness (QED) is 0.569. The minimum atomic E-state index is -0.595. The number of nitrogens with zero attached hydrogens (tertiary/aromatic N) is 3. The predicted molar refractivity (Wildman–Crippen MR) is 80.7 cm³/mol. The summed E-state index contributed by atoms with van der Waals surface area (Å²) in [6.45, 7) is 0. The minimum Gasteiger partial charge on any atom is -0.769 e. The van der Waals surface area contributed by atoms with E-state index in [0.717, 1.165) is 16.8 Å². The summed E-state index contributed by atoms with van der Waals surface area (Å²) in [4.78, 5) is 0. The molecular formula is C15H12N3O4-. The summed E-state index contributed by atoms with van der Waals surface area (Å²) in [5.74, 6) is 0. The monoisotopic (exact) mass is 298 g/mol. The first-order chi connectivity index (χ1) is 10.6. The zero-order valence-corrected chi connectivity index (χ0v) is 11.3. The van der Waals surface area contributed by atoms with Crippen LogP contribution < -0.4 is 15.0 Å². The van der Waals surface area contributed by atoms with E-state index in [-0.39, 0.29) is 16.6 Å². The molecule has 1 aromatic heterocycles. The maximum atomic E-state index is 10.8. The van der Waals surface area contributed by atoms with Crippen LogP contribution >= 0.6 is 0 Å². The van der Waals surface area contributed by atoms with E-state index in [1.165, 1.54) is 12.1 Å². The molecule has 0 unspecified atom stereocenters. The van der Waals surface area contributed by atoms with Crippen molar-refractivity contribution in [2.75, 3.05) is 10.5 Å². The lowest BCUT2D eigenvalue weighted by Crippen LogP contribution is -2.32. The third-order valence-electron chi connectivity index (χ3n) is 3.35. The van der Waals surface area contributed by atoms with Gasteiger partial charge in [0.1, 0.15) is 0 Å². The van der Waals surface area contributed by atoms with Crippen molar-refractivity contribution >= 4 is 22.1 Å². The Morgan fingerprint density at radius 2 is 1.64 bits per heavy atom. The first-order valence-corrected chi connectivity index (χ1v) is 6.43. The van der Waals surface area contributed by atoms with Crippen molar-refractivity contribution in [2.45, 2.75) is 0 Å². The highest BCUT2D eigenvalue weighted by atomic mass is 16.8. The van der Waals surface area contributed by atoms with Crippen LogP contribution in [0.1, 0.15) is 0 Å². The van der Waals surface area contributed by atoms with E-state index < -0.39 is 5.23 Å². The molecule has 0 spiro atoms. The molecule has 7 nitrogen and oxygen atoms in total. The Morgan fingerprint density at radius 1 is 0.909 bits per heavy atom. The Labute approximate surface area is 125 Å². The van der Waals surface area contributed by atoms with Gasteiger partial charge in [0.25, 0.3) is 0 Å². The molecule has 3 aromatic rings. The fourth-order valence-electron chi connectivity index (χ4n) is 2.29. The van der Waals surface area contributed by atoms with Gasteiger partial charge in [0.2, 0.25) is 5.69 Å². The number of aromatic nitrogens is 1. The van der Waals surface area contributed by atoms with Crippen molar-refractivity contribution in [2.24, 2.45) is 0 Å². The van der Waals surface area contributed by atoms with E-state index in [1.807, 2.05) is 36.5 Å². The summed E-state index contributed by atoms with van der Waals surface area (Å²) < 4.78 is 1.67. The Morgan fingerprint density at radius 3 is 2.32 bits per heavy atom. The van der Waals surface area contributed by atoms with E-state index in [9.17, 15) is 20.8 Å². The molecule has 0 radical (unpaired) electrons. The highest BCUT2D eigenvalue weighted by Gasteiger charge is 2.17. The van der Waals surface area contributed by atoms with Crippen LogP contribution in [0.2, 0.25) is 0 Å². The van der Waals surface area contributed by atoms with Crippen molar-refractivity contribution in [3.63, 3.8) is 0 Å². The van der Waals surface area contributed by atoms with Crippen molar-refractivity contribution in [3.8, 4) is 5.69 Å². The molecule has 112 valence electrons. The van der Waals surface area contributed by atoms with E-state index in [2.05, 4.69) is 0 Å². The fourth-order valence-corrected chi connectivity index (χ4v) is 2.29. The first-order valence-electron chi connectivity index (χ1n) is 6.43. The molecule has 0 fully saturated rings. The Hall–Kier alpha value is -2.71. The summed E-state index contributed by atoms with van der Waals surface area (Å²) in [5.41, 5.74) is 0.0871. The fraction of sp³-hybridized carbons (Fsp3) is 0. The van der Waals surface area contributed by atoms with Gasteiger partial charge < -0.3 is 15.6 Å². The number of anilines is 2. The lowest BCUT2D eigenvalue weighted by Gasteiger charge is -2.37. The molecule has 0 bridgehead atoms. The third kappa shape index (κ3) is 2.57. The molecule has 22 heavy (non-hydrogen) atoms. The van der Waals surface area contributed by atoms with Crippen LogP contribution in [-0.2, 0) is 0 Å². The van der Waals surface area contributed by atoms with Gasteiger partial charge in [0.15, 0.2) is 18.1 Å². The summed E-state index contributed by atoms with van der Waals surface area (Å²) in [7, 11) is 0. The van der Waals surface area contributed by atoms with Gasteiger partial charge in [-0.2, -0.15) is 4.57 Å². The van der Waals surface area contributed by atoms with Crippen LogP contribution in [0.4, 0.5) is 11.4 Å². The second-order valence-corrected chi connectivity index (χ2v) is 4.70. The summed E-state index contributed by atoms with van der Waals surface area (Å²) in [6, 6.07) is 13.4. The largest absolute Gasteiger partial charge is 0.769 e. The normalized spacial score (nSPS) is 10.7. The number of hydrogen-bond donors (Lipinski definition) is 2. The van der Waals surface area contributed by atoms with Crippen LogP contribution in [-0.4, -0.2) is 10.4 Å². The van der Waals surface area contributed by atoms with E-state index in [0.29, 0.717) is 5.69 Å². The van der Waals surface area contributed by atoms with Gasteiger partial charge in [0.05, 0.1) is 0 Å². The van der Waals surface area contributed by atoms with E-state index in [1.54, 1.807) is 10.8 Å². The van der Waals surface area contributed by atoms with Crippen LogP contribution in [0, 0.1) is 10.4 Å². The van der Waals surface area contributed by atoms with Gasteiger partial charge in [-0.1, -0.05) is 18.2 Å². The number of benzene rings is 2. The Balaban J connectivity index is 2.16. The molecule has 0 saturated heterocycles. The molecule has 7 heteroatoms. The topological polar surface area (TPSA) is 96.9 Å². The Kier molecular flexibility index (Phi) is 3.61. The second kappa shape index (κ2) is 5.58. The third-order valence-corrected chi connectivity index (χ3v) is 3.35. The average molecular weight is 298 g/mol. The summed E-state index contributed by atoms with van der Waals surface area (Å²) in [6.07, 6.45) is 3.56. The van der Waals surface area contributed by atoms with Crippen molar-refractivity contribution in [1.29, 1.82) is 0 Å². The number of pyridine rings is 1. The summed E-state index contributed by atoms with van der Waals surface area (Å²) >= 11 is 0. The van der Waals surface area contributed by atoms with Crippen LogP contribution in [0.25, 0.3) is 16.5 Å². The van der Waals surface area contributed by atoms with Gasteiger partial charge in [-0.05, 0) is 23.6 Å². The standard InChI is InChI=1S/C15H12N3O4/c19-17(20)13-5-6-14(15(9-13)18(21)22)16-8-7-11-3-1-2-4-12(11)10-16/h1-10,21-22H/q-1. The van der Waals surface area contributed by atoms with Crippen LogP contribution in [0.15, 0.2) is 60.9 Å². The molecule has 2 N–H and O–H groups in total. The highest BCUT2D eigenvalue weighted by Crippen LogP contribution is 2.25. The minimum absolute atomic E-state index is 0.0884. The van der Waals surface area contributed by atoms with Gasteiger partial charge in [-0.15, -0.1) is 5.23 Å². The molecule has 0 atom stereocenters. The molecule has 2 aromatic carbocycles. The molecule has 0 aliphatic carbocycles. The molecule has 0 amide bonds. The number of hydrogen-bond acceptors (Lipinski definition) is 6. The zero-order chi connectivity index (χ0) is 15.7. The van der Waals surface area contributed by atoms with Crippen molar-refractivity contribution < 1.29 is 15.0 Å². The first kappa shape index (κ1) is 14.2. The van der Waals surface area contributed by atoms with Gasteiger partial charge in [0, 0.05) is 23.2 Å². The van der Waals surface area contributed by atoms with Crippen LogP contribution in [0.3, 0.4) is 0 Å². The molecule has 0 aliphatic rings. The van der Waals surface area contributed by atoms with E-state index in [4.69, 9.17) is 0 Å². The maximum Gasteiger partial charge on any atom is 0.239 e. The molecule has 1 heterocycles. The van der Waals surface area contributed by atoms with Crippen LogP contribution in [0.5, 0.6) is 0 Å².